The Labute approximate surface area is 191 Å². The van der Waals surface area contributed by atoms with E-state index in [1.165, 1.54) is 36.4 Å². The van der Waals surface area contributed by atoms with Gasteiger partial charge in [-0.1, -0.05) is 65.1 Å². The quantitative estimate of drug-likeness (QED) is 0.261. The molecule has 0 aromatic heterocycles. The monoisotopic (exact) mass is 442 g/mol. The molecule has 0 radical (unpaired) electrons. The number of hydrogen-bond acceptors (Lipinski definition) is 0. The summed E-state index contributed by atoms with van der Waals surface area (Å²) in [5.41, 5.74) is 5.56. The van der Waals surface area contributed by atoms with Crippen molar-refractivity contribution in [2.75, 3.05) is 7.11 Å². The fraction of sp³-hybridized carbons (Fsp3) is 0.0714. The number of allylic oxidation sites excluding steroid dienone is 1. The fourth-order valence-corrected chi connectivity index (χ4v) is 5.36. The lowest BCUT2D eigenvalue weighted by molar-refractivity contribution is 0.173. The minimum Gasteiger partial charge on any atom is -0.810 e. The van der Waals surface area contributed by atoms with Crippen molar-refractivity contribution in [1.82, 2.24) is 0 Å². The van der Waals surface area contributed by atoms with E-state index in [1.807, 2.05) is 31.4 Å². The van der Waals surface area contributed by atoms with Gasteiger partial charge in [-0.2, -0.15) is 0 Å². The molecule has 0 bridgehead atoms. The first kappa shape index (κ1) is 21.1. The van der Waals surface area contributed by atoms with Crippen molar-refractivity contribution in [2.24, 2.45) is 0 Å². The highest BCUT2D eigenvalue weighted by Gasteiger charge is 2.50. The molecule has 1 heterocycles. The molecule has 0 amide bonds. The second kappa shape index (κ2) is 8.00. The van der Waals surface area contributed by atoms with Crippen LogP contribution in [0.2, 0.25) is 0 Å². The summed E-state index contributed by atoms with van der Waals surface area (Å²) >= 11 is 0. The van der Waals surface area contributed by atoms with Gasteiger partial charge in [0.2, 0.25) is 5.75 Å². The van der Waals surface area contributed by atoms with Crippen LogP contribution in [0.1, 0.15) is 18.1 Å². The average Bonchev–Trinajstić information content (AvgIpc) is 2.83. The molecule has 5 rings (SSSR count). The van der Waals surface area contributed by atoms with Gasteiger partial charge >= 0.3 is 6.35 Å². The molecule has 0 aliphatic carbocycles. The van der Waals surface area contributed by atoms with Gasteiger partial charge in [-0.15, -0.1) is 10.9 Å². The predicted molar refractivity (Wildman–Crippen MR) is 130 cm³/mol. The molecule has 0 saturated carbocycles. The number of para-hydroxylation sites is 1. The van der Waals surface area contributed by atoms with Crippen LogP contribution in [0.4, 0.5) is 13.2 Å². The summed E-state index contributed by atoms with van der Waals surface area (Å²) in [7, 11) is 1.93. The molecule has 4 aromatic carbocycles. The normalized spacial score (nSPS) is 14.9. The summed E-state index contributed by atoms with van der Waals surface area (Å²) in [6.45, 7) is 2.05. The molecule has 1 aliphatic rings. The Morgan fingerprint density at radius 1 is 0.606 bits per heavy atom. The van der Waals surface area contributed by atoms with Crippen LogP contribution in [-0.2, 0) is 4.28 Å². The van der Waals surface area contributed by atoms with Gasteiger partial charge in [0.1, 0.15) is 24.6 Å². The first-order valence-corrected chi connectivity index (χ1v) is 10.8. The van der Waals surface area contributed by atoms with Crippen LogP contribution in [0, 0.1) is 17.5 Å². The van der Waals surface area contributed by atoms with Crippen LogP contribution < -0.4 is 10.9 Å². The van der Waals surface area contributed by atoms with E-state index in [-0.39, 0.29) is 17.5 Å². The summed E-state index contributed by atoms with van der Waals surface area (Å²) in [5.74, 6) is -0.0567. The third-order valence-corrected chi connectivity index (χ3v) is 6.81. The second-order valence-electron chi connectivity index (χ2n) is 8.49. The molecule has 33 heavy (non-hydrogen) atoms. The topological polar surface area (TPSA) is 2.70 Å². The number of fused-ring (bicyclic) bond motifs is 1. The lowest BCUT2D eigenvalue weighted by Crippen LogP contribution is -2.66. The highest BCUT2D eigenvalue weighted by molar-refractivity contribution is 7.12. The summed E-state index contributed by atoms with van der Waals surface area (Å²) < 4.78 is 45.2. The van der Waals surface area contributed by atoms with E-state index >= 15 is 0 Å². The molecule has 4 aromatic rings. The molecule has 0 atom stereocenters. The third-order valence-electron chi connectivity index (χ3n) is 6.81. The highest BCUT2D eigenvalue weighted by Crippen LogP contribution is 2.49. The van der Waals surface area contributed by atoms with Gasteiger partial charge < -0.3 is 4.28 Å². The first-order valence-electron chi connectivity index (χ1n) is 10.8. The van der Waals surface area contributed by atoms with Crippen molar-refractivity contribution >= 4 is 28.3 Å². The van der Waals surface area contributed by atoms with E-state index in [2.05, 4.69) is 11.2 Å². The van der Waals surface area contributed by atoms with Crippen molar-refractivity contribution < 1.29 is 17.5 Å². The van der Waals surface area contributed by atoms with Gasteiger partial charge in [-0.3, -0.25) is 0 Å². The Balaban J connectivity index is 1.95. The molecule has 1 aliphatic heterocycles. The highest BCUT2D eigenvalue weighted by atomic mass is 19.1. The van der Waals surface area contributed by atoms with Crippen molar-refractivity contribution in [3.8, 4) is 5.75 Å². The van der Waals surface area contributed by atoms with Crippen molar-refractivity contribution in [3.63, 3.8) is 0 Å². The number of benzene rings is 4. The number of rotatable bonds is 3. The van der Waals surface area contributed by atoms with Gasteiger partial charge in [-0.25, -0.2) is 13.2 Å². The van der Waals surface area contributed by atoms with Crippen LogP contribution in [0.3, 0.4) is 0 Å². The maximum Gasteiger partial charge on any atom is 0.414 e. The first-order chi connectivity index (χ1) is 15.9. The van der Waals surface area contributed by atoms with E-state index in [9.17, 15) is 13.2 Å². The predicted octanol–water partition coefficient (Wildman–Crippen LogP) is 6.24. The summed E-state index contributed by atoms with van der Waals surface area (Å²) in [5, 5.41) is 0. The Kier molecular flexibility index (Phi) is 5.12. The molecular formula is C28H22BF3O. The fourth-order valence-electron chi connectivity index (χ4n) is 5.36. The zero-order valence-electron chi connectivity index (χ0n) is 18.4. The Hall–Kier alpha value is -3.73. The van der Waals surface area contributed by atoms with Crippen LogP contribution >= 0.6 is 0 Å². The molecule has 1 nitrogen and oxygen atoms in total. The standard InChI is InChI=1S/C28H22BF3O/c1-19-26-5-3-4-6-27(26)33(2)29(21-9-15-24(31)16-10-21,22-11-17-25(32)18-12-22)28(19)20-7-13-23(30)14-8-20/h3-18H,1-2H3. The molecule has 0 saturated heterocycles. The van der Waals surface area contributed by atoms with Crippen LogP contribution in [-0.4, -0.2) is 13.5 Å². The second-order valence-corrected chi connectivity index (χ2v) is 8.49. The average molecular weight is 442 g/mol. The van der Waals surface area contributed by atoms with Crippen LogP contribution in [0.25, 0.3) is 11.0 Å². The van der Waals surface area contributed by atoms with Gasteiger partial charge in [0.15, 0.2) is 0 Å². The Morgan fingerprint density at radius 3 is 1.58 bits per heavy atom. The SMILES string of the molecule is CC1=C(c2ccc(F)cc2)[B-](c2ccc(F)cc2)(c2ccc(F)cc2)[O+](C)c2ccccc21. The summed E-state index contributed by atoms with van der Waals surface area (Å²) in [6.07, 6.45) is -1.94. The molecule has 5 heteroatoms. The van der Waals surface area contributed by atoms with Crippen molar-refractivity contribution in [2.45, 2.75) is 6.92 Å². The lowest BCUT2D eigenvalue weighted by atomic mass is 9.25. The smallest absolute Gasteiger partial charge is 0.414 e. The van der Waals surface area contributed by atoms with E-state index in [0.29, 0.717) is 0 Å². The largest absolute Gasteiger partial charge is 0.810 e. The van der Waals surface area contributed by atoms with E-state index in [0.717, 1.165) is 38.8 Å². The van der Waals surface area contributed by atoms with E-state index in [4.69, 9.17) is 0 Å². The van der Waals surface area contributed by atoms with E-state index in [1.54, 1.807) is 36.4 Å². The molecule has 0 unspecified atom stereocenters. The molecule has 0 spiro atoms. The summed E-state index contributed by atoms with van der Waals surface area (Å²) in [6, 6.07) is 27.3. The lowest BCUT2D eigenvalue weighted by Gasteiger charge is -2.55. The molecule has 164 valence electrons. The molecular weight excluding hydrogens is 420 g/mol. The number of hydrogen-bond donors (Lipinski definition) is 0. The zero-order valence-corrected chi connectivity index (χ0v) is 18.4. The third kappa shape index (κ3) is 3.27. The maximum absolute atomic E-state index is 14.0. The number of halogens is 3. The minimum atomic E-state index is -1.94. The van der Waals surface area contributed by atoms with Gasteiger partial charge in [0.25, 0.3) is 0 Å². The van der Waals surface area contributed by atoms with E-state index < -0.39 is 6.35 Å². The van der Waals surface area contributed by atoms with Gasteiger partial charge in [0, 0.05) is 6.07 Å². The van der Waals surface area contributed by atoms with Crippen molar-refractivity contribution in [3.05, 3.63) is 126 Å². The van der Waals surface area contributed by atoms with Crippen molar-refractivity contribution in [1.29, 1.82) is 0 Å². The summed E-state index contributed by atoms with van der Waals surface area (Å²) in [4.78, 5) is 0. The Bertz CT molecular complexity index is 1300. The molecule has 0 N–H and O–H groups in total. The maximum atomic E-state index is 14.0. The van der Waals surface area contributed by atoms with Crippen LogP contribution in [0.5, 0.6) is 5.75 Å². The minimum absolute atomic E-state index is 0.323. The zero-order chi connectivity index (χ0) is 23.2. The molecule has 0 fully saturated rings. The Morgan fingerprint density at radius 2 is 1.06 bits per heavy atom. The van der Waals surface area contributed by atoms with Gasteiger partial charge in [0.05, 0.1) is 5.56 Å². The van der Waals surface area contributed by atoms with Gasteiger partial charge in [-0.05, 0) is 49.4 Å². The van der Waals surface area contributed by atoms with Crippen LogP contribution in [0.15, 0.2) is 97.1 Å².